The van der Waals surface area contributed by atoms with Gasteiger partial charge in [-0.2, -0.15) is 13.2 Å². The number of pyridine rings is 1. The number of alkyl halides is 3. The third-order valence-electron chi connectivity index (χ3n) is 11.0. The summed E-state index contributed by atoms with van der Waals surface area (Å²) in [6.07, 6.45) is 4.84. The standard InChI is InChI=1S/C38H41F4N5O6S/c1-36(13-14-36)54(51,52)46-35(50)37-20-24(37)9-5-3-2-4-6-10-30(44-27-17-25(38(40,41)42)16-26(39)18-27)34(49)47-22-28(19-31(47)33(48)45-37)53-32-11-7-8-23-12-15-43-21-29(23)32/h5,7-9,11-12,15-18,21,24,28,30-31,44H,2-4,6,10,13-14,19-20,22H2,1H3,(H,45,48)(H,46,50)/b9-5-/t24-,28+,30-,31-,37+/m0/s1. The molecule has 1 saturated heterocycles. The van der Waals surface area contributed by atoms with Crippen LogP contribution in [0.5, 0.6) is 5.75 Å². The molecule has 0 radical (unpaired) electrons. The third-order valence-corrected chi connectivity index (χ3v) is 13.1. The largest absolute Gasteiger partial charge is 0.488 e. The number of ether oxygens (including phenoxy) is 1. The number of allylic oxidation sites excluding steroid dienone is 1. The van der Waals surface area contributed by atoms with Gasteiger partial charge in [0.15, 0.2) is 0 Å². The summed E-state index contributed by atoms with van der Waals surface area (Å²) in [5, 5.41) is 7.18. The van der Waals surface area contributed by atoms with E-state index in [9.17, 15) is 40.4 Å². The Labute approximate surface area is 310 Å². The van der Waals surface area contributed by atoms with Gasteiger partial charge in [0.1, 0.15) is 35.3 Å². The number of hydrogen-bond donors (Lipinski definition) is 3. The fourth-order valence-corrected chi connectivity index (χ4v) is 8.66. The lowest BCUT2D eigenvalue weighted by molar-refractivity contribution is -0.140. The Morgan fingerprint density at radius 3 is 2.65 bits per heavy atom. The van der Waals surface area contributed by atoms with Gasteiger partial charge >= 0.3 is 6.18 Å². The Morgan fingerprint density at radius 1 is 1.09 bits per heavy atom. The molecular formula is C38H41F4N5O6S. The summed E-state index contributed by atoms with van der Waals surface area (Å²) in [4.78, 5) is 48.1. The molecule has 0 bridgehead atoms. The van der Waals surface area contributed by atoms with Crippen molar-refractivity contribution in [3.05, 3.63) is 78.4 Å². The van der Waals surface area contributed by atoms with Gasteiger partial charge in [-0.05, 0) is 81.2 Å². The molecule has 2 aliphatic heterocycles. The molecule has 16 heteroatoms. The van der Waals surface area contributed by atoms with Gasteiger partial charge in [-0.25, -0.2) is 12.8 Å². The van der Waals surface area contributed by atoms with E-state index in [0.29, 0.717) is 55.7 Å². The number of benzene rings is 2. The number of carbonyl (C=O) groups is 3. The topological polar surface area (TPSA) is 147 Å². The number of hydrogen-bond acceptors (Lipinski definition) is 8. The van der Waals surface area contributed by atoms with Crippen molar-refractivity contribution in [2.45, 2.75) is 99.4 Å². The van der Waals surface area contributed by atoms with E-state index in [1.807, 2.05) is 12.1 Å². The molecular weight excluding hydrogens is 731 g/mol. The minimum atomic E-state index is -4.84. The van der Waals surface area contributed by atoms with Crippen LogP contribution in [0.2, 0.25) is 0 Å². The molecule has 3 fully saturated rings. The van der Waals surface area contributed by atoms with Crippen LogP contribution in [0, 0.1) is 11.7 Å². The summed E-state index contributed by atoms with van der Waals surface area (Å²) >= 11 is 0. The van der Waals surface area contributed by atoms with Crippen LogP contribution in [-0.4, -0.2) is 71.0 Å². The molecule has 1 aromatic heterocycles. The maximum atomic E-state index is 14.5. The molecule has 11 nitrogen and oxygen atoms in total. The first-order valence-electron chi connectivity index (χ1n) is 18.1. The van der Waals surface area contributed by atoms with E-state index >= 15 is 0 Å². The number of fused-ring (bicyclic) bond motifs is 3. The number of nitrogens with one attached hydrogen (secondary N) is 3. The number of rotatable bonds is 7. The minimum Gasteiger partial charge on any atom is -0.488 e. The van der Waals surface area contributed by atoms with Gasteiger partial charge in [-0.3, -0.25) is 24.1 Å². The predicted molar refractivity (Wildman–Crippen MR) is 191 cm³/mol. The van der Waals surface area contributed by atoms with Crippen LogP contribution in [0.15, 0.2) is 67.0 Å². The number of sulfonamides is 1. The molecule has 0 unspecified atom stereocenters. The SMILES string of the molecule is CC1(S(=O)(=O)NC(=O)[C@@]23C[C@@H]2/C=C\CCCCC[C@H](Nc2cc(F)cc(C(F)(F)F)c2)C(=O)N2C[C@H](Oc4cccc5ccncc45)C[C@H]2C(=O)N3)CC1. The Bertz CT molecular complexity index is 2100. The molecule has 3 amide bonds. The highest BCUT2D eigenvalue weighted by atomic mass is 32.2. The molecule has 0 spiro atoms. The van der Waals surface area contributed by atoms with Crippen LogP contribution >= 0.6 is 0 Å². The van der Waals surface area contributed by atoms with E-state index in [2.05, 4.69) is 20.3 Å². The van der Waals surface area contributed by atoms with E-state index < -0.39 is 79.7 Å². The number of carbonyl (C=O) groups excluding carboxylic acids is 3. The molecule has 288 valence electrons. The number of nitrogens with zero attached hydrogens (tertiary/aromatic N) is 2. The first-order chi connectivity index (χ1) is 25.6. The highest BCUT2D eigenvalue weighted by Gasteiger charge is 2.63. The first-order valence-corrected chi connectivity index (χ1v) is 19.6. The lowest BCUT2D eigenvalue weighted by Gasteiger charge is -2.30. The molecule has 2 aliphatic carbocycles. The minimum absolute atomic E-state index is 0.0201. The summed E-state index contributed by atoms with van der Waals surface area (Å²) in [7, 11) is -4.04. The number of anilines is 1. The summed E-state index contributed by atoms with van der Waals surface area (Å²) in [5.41, 5.74) is -3.06. The maximum Gasteiger partial charge on any atom is 0.416 e. The van der Waals surface area contributed by atoms with Crippen molar-refractivity contribution >= 4 is 44.2 Å². The van der Waals surface area contributed by atoms with Gasteiger partial charge in [0.2, 0.25) is 21.8 Å². The van der Waals surface area contributed by atoms with Crippen LogP contribution < -0.4 is 20.1 Å². The molecule has 4 aliphatic rings. The Morgan fingerprint density at radius 2 is 1.89 bits per heavy atom. The van der Waals surface area contributed by atoms with Gasteiger partial charge in [-0.15, -0.1) is 0 Å². The second-order valence-electron chi connectivity index (χ2n) is 15.0. The van der Waals surface area contributed by atoms with Crippen LogP contribution in [0.25, 0.3) is 10.8 Å². The van der Waals surface area contributed by atoms with Crippen LogP contribution in [0.3, 0.4) is 0 Å². The maximum absolute atomic E-state index is 14.5. The average molecular weight is 772 g/mol. The van der Waals surface area contributed by atoms with Gasteiger partial charge in [0.05, 0.1) is 16.9 Å². The van der Waals surface area contributed by atoms with Crippen molar-refractivity contribution in [2.24, 2.45) is 5.92 Å². The summed E-state index contributed by atoms with van der Waals surface area (Å²) in [6.45, 7) is 1.45. The van der Waals surface area contributed by atoms with Gasteiger partial charge in [0.25, 0.3) is 5.91 Å². The Hall–Kier alpha value is -4.73. The van der Waals surface area contributed by atoms with E-state index in [0.717, 1.165) is 17.5 Å². The average Bonchev–Trinajstić information content (AvgIpc) is 4.00. The summed E-state index contributed by atoms with van der Waals surface area (Å²) in [5.74, 6) is -3.38. The normalized spacial score (nSPS) is 27.8. The van der Waals surface area contributed by atoms with Crippen molar-refractivity contribution in [2.75, 3.05) is 11.9 Å². The molecule has 54 heavy (non-hydrogen) atoms. The second-order valence-corrected chi connectivity index (χ2v) is 17.2. The summed E-state index contributed by atoms with van der Waals surface area (Å²) < 4.78 is 89.0. The van der Waals surface area contributed by atoms with E-state index in [-0.39, 0.29) is 31.5 Å². The van der Waals surface area contributed by atoms with Crippen molar-refractivity contribution in [3.8, 4) is 5.75 Å². The van der Waals surface area contributed by atoms with Crippen molar-refractivity contribution in [3.63, 3.8) is 0 Å². The lowest BCUT2D eigenvalue weighted by Crippen LogP contribution is -2.58. The zero-order valence-electron chi connectivity index (χ0n) is 29.5. The van der Waals surface area contributed by atoms with Crippen LogP contribution in [0.4, 0.5) is 23.2 Å². The zero-order valence-corrected chi connectivity index (χ0v) is 30.3. The van der Waals surface area contributed by atoms with Crippen LogP contribution in [-0.2, 0) is 30.6 Å². The zero-order chi connectivity index (χ0) is 38.5. The predicted octanol–water partition coefficient (Wildman–Crippen LogP) is 5.62. The van der Waals surface area contributed by atoms with Crippen molar-refractivity contribution < 1.29 is 45.1 Å². The van der Waals surface area contributed by atoms with E-state index in [1.165, 1.54) is 4.90 Å². The lowest BCUT2D eigenvalue weighted by atomic mass is 10.0. The van der Waals surface area contributed by atoms with Crippen molar-refractivity contribution in [1.29, 1.82) is 0 Å². The Balaban J connectivity index is 1.21. The first kappa shape index (κ1) is 37.6. The molecule has 5 atom stereocenters. The monoisotopic (exact) mass is 771 g/mol. The number of halogens is 4. The van der Waals surface area contributed by atoms with Gasteiger partial charge in [0, 0.05) is 35.8 Å². The molecule has 3 heterocycles. The molecule has 2 aromatic carbocycles. The summed E-state index contributed by atoms with van der Waals surface area (Å²) in [6, 6.07) is 6.82. The van der Waals surface area contributed by atoms with Crippen LogP contribution in [0.1, 0.15) is 70.3 Å². The molecule has 3 N–H and O–H groups in total. The number of aromatic nitrogens is 1. The smallest absolute Gasteiger partial charge is 0.416 e. The molecule has 3 aromatic rings. The fraction of sp³-hybridized carbons (Fsp3) is 0.474. The Kier molecular flexibility index (Phi) is 9.86. The van der Waals surface area contributed by atoms with Gasteiger partial charge in [-0.1, -0.05) is 37.1 Å². The molecule has 7 rings (SSSR count). The van der Waals surface area contributed by atoms with Crippen molar-refractivity contribution in [1.82, 2.24) is 19.9 Å². The highest BCUT2D eigenvalue weighted by Crippen LogP contribution is 2.47. The van der Waals surface area contributed by atoms with E-state index in [4.69, 9.17) is 4.74 Å². The third kappa shape index (κ3) is 7.62. The van der Waals surface area contributed by atoms with Gasteiger partial charge < -0.3 is 20.3 Å². The second kappa shape index (κ2) is 14.2. The fourth-order valence-electron chi connectivity index (χ4n) is 7.35. The quantitative estimate of drug-likeness (QED) is 0.208. The number of amides is 3. The highest BCUT2D eigenvalue weighted by molar-refractivity contribution is 7.91. The molecule has 2 saturated carbocycles. The van der Waals surface area contributed by atoms with E-state index in [1.54, 1.807) is 43.6 Å².